The summed E-state index contributed by atoms with van der Waals surface area (Å²) in [5.74, 6) is -0.332. The Kier molecular flexibility index (Phi) is 5.28. The number of hydrogen-bond acceptors (Lipinski definition) is 3. The molecule has 0 aliphatic carbocycles. The number of benzene rings is 2. The van der Waals surface area contributed by atoms with Gasteiger partial charge in [-0.05, 0) is 55.8 Å². The van der Waals surface area contributed by atoms with Crippen LogP contribution in [0.1, 0.15) is 36.2 Å². The molecule has 2 aromatic carbocycles. The van der Waals surface area contributed by atoms with Crippen molar-refractivity contribution in [1.82, 2.24) is 5.32 Å². The van der Waals surface area contributed by atoms with Crippen LogP contribution in [0.5, 0.6) is 0 Å². The molecule has 6 heteroatoms. The molecule has 1 aliphatic rings. The highest BCUT2D eigenvalue weighted by molar-refractivity contribution is 6.32. The summed E-state index contributed by atoms with van der Waals surface area (Å²) < 4.78 is 0. The quantitative estimate of drug-likeness (QED) is 0.689. The third kappa shape index (κ3) is 3.73. The SMILES string of the molecule is CCCNC(=O)c1ccc2c(c1)C(=C(C)Nc1ccc(Cl)cc1)C(=O)N2. The van der Waals surface area contributed by atoms with Crippen molar-refractivity contribution in [2.45, 2.75) is 20.3 Å². The Balaban J connectivity index is 1.93. The van der Waals surface area contributed by atoms with Gasteiger partial charge in [0.15, 0.2) is 0 Å². The van der Waals surface area contributed by atoms with E-state index in [9.17, 15) is 9.59 Å². The van der Waals surface area contributed by atoms with E-state index in [1.807, 2.05) is 26.0 Å². The first-order valence-electron chi connectivity index (χ1n) is 8.47. The zero-order valence-corrected chi connectivity index (χ0v) is 15.4. The molecule has 0 fully saturated rings. The van der Waals surface area contributed by atoms with Crippen LogP contribution in [-0.4, -0.2) is 18.4 Å². The van der Waals surface area contributed by atoms with Crippen molar-refractivity contribution in [3.63, 3.8) is 0 Å². The zero-order chi connectivity index (χ0) is 18.7. The minimum Gasteiger partial charge on any atom is -0.358 e. The molecule has 0 radical (unpaired) electrons. The van der Waals surface area contributed by atoms with Gasteiger partial charge in [-0.25, -0.2) is 0 Å². The molecule has 134 valence electrons. The average molecular weight is 370 g/mol. The van der Waals surface area contributed by atoms with E-state index in [4.69, 9.17) is 11.6 Å². The predicted molar refractivity (Wildman–Crippen MR) is 105 cm³/mol. The highest BCUT2D eigenvalue weighted by Crippen LogP contribution is 2.35. The minimum atomic E-state index is -0.190. The van der Waals surface area contributed by atoms with Crippen LogP contribution in [-0.2, 0) is 4.79 Å². The van der Waals surface area contributed by atoms with Gasteiger partial charge in [0.25, 0.3) is 11.8 Å². The van der Waals surface area contributed by atoms with Crippen LogP contribution < -0.4 is 16.0 Å². The van der Waals surface area contributed by atoms with Crippen molar-refractivity contribution in [2.75, 3.05) is 17.2 Å². The maximum absolute atomic E-state index is 12.4. The highest BCUT2D eigenvalue weighted by Gasteiger charge is 2.27. The molecule has 3 rings (SSSR count). The number of carbonyl (C=O) groups is 2. The van der Waals surface area contributed by atoms with Crippen LogP contribution in [0.4, 0.5) is 11.4 Å². The first-order chi connectivity index (χ1) is 12.5. The average Bonchev–Trinajstić information content (AvgIpc) is 2.96. The van der Waals surface area contributed by atoms with Gasteiger partial charge in [0.05, 0.1) is 5.57 Å². The van der Waals surface area contributed by atoms with E-state index in [2.05, 4.69) is 16.0 Å². The van der Waals surface area contributed by atoms with Crippen molar-refractivity contribution < 1.29 is 9.59 Å². The fourth-order valence-corrected chi connectivity index (χ4v) is 2.96. The summed E-state index contributed by atoms with van der Waals surface area (Å²) >= 11 is 5.91. The van der Waals surface area contributed by atoms with Crippen LogP contribution in [0.15, 0.2) is 48.2 Å². The molecule has 0 saturated heterocycles. The van der Waals surface area contributed by atoms with Gasteiger partial charge < -0.3 is 16.0 Å². The fraction of sp³-hybridized carbons (Fsp3) is 0.200. The Bertz CT molecular complexity index is 888. The summed E-state index contributed by atoms with van der Waals surface area (Å²) in [6, 6.07) is 12.5. The van der Waals surface area contributed by atoms with Gasteiger partial charge in [-0.15, -0.1) is 0 Å². The maximum atomic E-state index is 12.4. The first-order valence-corrected chi connectivity index (χ1v) is 8.85. The number of carbonyl (C=O) groups excluding carboxylic acids is 2. The lowest BCUT2D eigenvalue weighted by Gasteiger charge is -2.10. The van der Waals surface area contributed by atoms with Gasteiger partial charge in [-0.1, -0.05) is 18.5 Å². The first kappa shape index (κ1) is 18.0. The smallest absolute Gasteiger partial charge is 0.258 e. The zero-order valence-electron chi connectivity index (χ0n) is 14.7. The second-order valence-electron chi connectivity index (χ2n) is 6.10. The lowest BCUT2D eigenvalue weighted by molar-refractivity contribution is -0.110. The molecule has 0 unspecified atom stereocenters. The summed E-state index contributed by atoms with van der Waals surface area (Å²) in [5.41, 5.74) is 4.02. The number of hydrogen-bond donors (Lipinski definition) is 3. The standard InChI is InChI=1S/C20H20ClN3O2/c1-3-10-22-19(25)13-4-9-17-16(11-13)18(20(26)24-17)12(2)23-15-7-5-14(21)6-8-15/h4-9,11,23H,3,10H2,1-2H3,(H,22,25)(H,24,26). The lowest BCUT2D eigenvalue weighted by atomic mass is 10.0. The van der Waals surface area contributed by atoms with E-state index in [1.165, 1.54) is 0 Å². The minimum absolute atomic E-state index is 0.142. The van der Waals surface area contributed by atoms with E-state index in [0.717, 1.165) is 17.7 Å². The molecule has 0 spiro atoms. The summed E-state index contributed by atoms with van der Waals surface area (Å²) in [6.07, 6.45) is 0.867. The molecule has 0 bridgehead atoms. The molecule has 0 atom stereocenters. The molecular weight excluding hydrogens is 350 g/mol. The van der Waals surface area contributed by atoms with Crippen molar-refractivity contribution in [3.05, 3.63) is 64.3 Å². The van der Waals surface area contributed by atoms with E-state index >= 15 is 0 Å². The Labute approximate surface area is 157 Å². The molecule has 3 N–H and O–H groups in total. The number of allylic oxidation sites excluding steroid dienone is 1. The Morgan fingerprint density at radius 3 is 2.58 bits per heavy atom. The largest absolute Gasteiger partial charge is 0.358 e. The second kappa shape index (κ2) is 7.62. The van der Waals surface area contributed by atoms with Crippen molar-refractivity contribution in [1.29, 1.82) is 0 Å². The van der Waals surface area contributed by atoms with Crippen molar-refractivity contribution in [3.8, 4) is 0 Å². The van der Waals surface area contributed by atoms with Gasteiger partial charge in [0.1, 0.15) is 0 Å². The summed E-state index contributed by atoms with van der Waals surface area (Å²) in [7, 11) is 0. The highest BCUT2D eigenvalue weighted by atomic mass is 35.5. The van der Waals surface area contributed by atoms with Gasteiger partial charge in [0, 0.05) is 39.8 Å². The van der Waals surface area contributed by atoms with Crippen LogP contribution >= 0.6 is 11.6 Å². The Morgan fingerprint density at radius 1 is 1.15 bits per heavy atom. The third-order valence-corrected chi connectivity index (χ3v) is 4.36. The predicted octanol–water partition coefficient (Wildman–Crippen LogP) is 4.28. The lowest BCUT2D eigenvalue weighted by Crippen LogP contribution is -2.23. The van der Waals surface area contributed by atoms with Crippen molar-refractivity contribution >= 4 is 40.4 Å². The number of fused-ring (bicyclic) bond motifs is 1. The Hall–Kier alpha value is -2.79. The summed E-state index contributed by atoms with van der Waals surface area (Å²) in [6.45, 7) is 4.45. The molecular formula is C20H20ClN3O2. The van der Waals surface area contributed by atoms with E-state index in [-0.39, 0.29) is 11.8 Å². The van der Waals surface area contributed by atoms with E-state index in [0.29, 0.717) is 34.1 Å². The molecule has 2 amide bonds. The third-order valence-electron chi connectivity index (χ3n) is 4.11. The number of halogens is 1. The van der Waals surface area contributed by atoms with Crippen molar-refractivity contribution in [2.24, 2.45) is 0 Å². The molecule has 1 heterocycles. The molecule has 1 aliphatic heterocycles. The molecule has 2 aromatic rings. The van der Waals surface area contributed by atoms with Gasteiger partial charge in [-0.3, -0.25) is 9.59 Å². The monoisotopic (exact) mass is 369 g/mol. The molecule has 5 nitrogen and oxygen atoms in total. The van der Waals surface area contributed by atoms with E-state index in [1.54, 1.807) is 30.3 Å². The number of rotatable bonds is 5. The molecule has 0 saturated carbocycles. The van der Waals surface area contributed by atoms with Crippen LogP contribution in [0.2, 0.25) is 5.02 Å². The number of anilines is 2. The summed E-state index contributed by atoms with van der Waals surface area (Å²) in [5, 5.41) is 9.57. The number of amides is 2. The van der Waals surface area contributed by atoms with Gasteiger partial charge in [-0.2, -0.15) is 0 Å². The fourth-order valence-electron chi connectivity index (χ4n) is 2.83. The second-order valence-corrected chi connectivity index (χ2v) is 6.54. The summed E-state index contributed by atoms with van der Waals surface area (Å²) in [4.78, 5) is 24.7. The van der Waals surface area contributed by atoms with Crippen LogP contribution in [0.25, 0.3) is 5.57 Å². The van der Waals surface area contributed by atoms with Gasteiger partial charge >= 0.3 is 0 Å². The normalized spacial score (nSPS) is 14.5. The van der Waals surface area contributed by atoms with Crippen LogP contribution in [0, 0.1) is 0 Å². The number of nitrogens with one attached hydrogen (secondary N) is 3. The molecule has 0 aromatic heterocycles. The Morgan fingerprint density at radius 2 is 1.88 bits per heavy atom. The van der Waals surface area contributed by atoms with Gasteiger partial charge in [0.2, 0.25) is 0 Å². The van der Waals surface area contributed by atoms with Crippen LogP contribution in [0.3, 0.4) is 0 Å². The van der Waals surface area contributed by atoms with E-state index < -0.39 is 0 Å². The maximum Gasteiger partial charge on any atom is 0.258 e. The molecule has 26 heavy (non-hydrogen) atoms. The topological polar surface area (TPSA) is 70.2 Å².